The Morgan fingerprint density at radius 1 is 1.23 bits per heavy atom. The zero-order valence-electron chi connectivity index (χ0n) is 8.07. The van der Waals surface area contributed by atoms with Gasteiger partial charge in [-0.3, -0.25) is 0 Å². The number of thiazole rings is 1. The summed E-state index contributed by atoms with van der Waals surface area (Å²) < 4.78 is 4.24. The Morgan fingerprint density at radius 2 is 1.85 bits per heavy atom. The maximum atomic E-state index is 5.14. The van der Waals surface area contributed by atoms with Crippen molar-refractivity contribution in [3.8, 4) is 0 Å². The van der Waals surface area contributed by atoms with Crippen LogP contribution in [0.2, 0.25) is 0 Å². The molecule has 3 heteroatoms. The van der Waals surface area contributed by atoms with E-state index in [1.807, 2.05) is 37.6 Å². The molecule has 0 aliphatic carbocycles. The van der Waals surface area contributed by atoms with Crippen molar-refractivity contribution in [1.29, 1.82) is 0 Å². The van der Waals surface area contributed by atoms with Crippen LogP contribution < -0.4 is 0 Å². The van der Waals surface area contributed by atoms with Crippen molar-refractivity contribution < 1.29 is 0 Å². The van der Waals surface area contributed by atoms with Crippen molar-refractivity contribution >= 4 is 33.8 Å². The molecule has 0 fully saturated rings. The zero-order chi connectivity index (χ0) is 9.84. The minimum Gasteiger partial charge on any atom is -0.326 e. The fourth-order valence-electron chi connectivity index (χ4n) is 1.08. The molecule has 0 amide bonds. The first kappa shape index (κ1) is 10.4. The third kappa shape index (κ3) is 1.98. The highest BCUT2D eigenvalue weighted by molar-refractivity contribution is 7.73. The van der Waals surface area contributed by atoms with Gasteiger partial charge in [0.2, 0.25) is 0 Å². The van der Waals surface area contributed by atoms with Crippen molar-refractivity contribution in [2.24, 2.45) is 7.05 Å². The largest absolute Gasteiger partial charge is 0.326 e. The van der Waals surface area contributed by atoms with Crippen LogP contribution in [0.1, 0.15) is 13.8 Å². The van der Waals surface area contributed by atoms with E-state index >= 15 is 0 Å². The molecule has 0 bridgehead atoms. The summed E-state index contributed by atoms with van der Waals surface area (Å²) in [6.45, 7) is 4.00. The Bertz CT molecular complexity index is 439. The molecule has 0 spiro atoms. The van der Waals surface area contributed by atoms with Crippen molar-refractivity contribution in [1.82, 2.24) is 4.57 Å². The molecule has 1 nitrogen and oxygen atoms in total. The summed E-state index contributed by atoms with van der Waals surface area (Å²) in [6.07, 6.45) is 0. The minimum atomic E-state index is 0.936. The van der Waals surface area contributed by atoms with Crippen LogP contribution in [0, 0.1) is 3.95 Å². The molecule has 1 aromatic carbocycles. The normalized spacial score (nSPS) is 9.46. The summed E-state index contributed by atoms with van der Waals surface area (Å²) in [5.74, 6) is 0. The fraction of sp³-hybridized carbons (Fsp3) is 0.300. The van der Waals surface area contributed by atoms with Gasteiger partial charge in [-0.2, -0.15) is 0 Å². The number of aromatic nitrogens is 1. The highest BCUT2D eigenvalue weighted by Gasteiger charge is 1.97. The van der Waals surface area contributed by atoms with E-state index in [0.717, 1.165) is 3.95 Å². The fourth-order valence-corrected chi connectivity index (χ4v) is 2.33. The third-order valence-electron chi connectivity index (χ3n) is 1.70. The lowest BCUT2D eigenvalue weighted by atomic mass is 10.3. The molecular formula is C10H13NS2. The lowest BCUT2D eigenvalue weighted by Gasteiger charge is -1.91. The van der Waals surface area contributed by atoms with Gasteiger partial charge in [0.15, 0.2) is 3.95 Å². The number of hydrogen-bond donors (Lipinski definition) is 0. The smallest absolute Gasteiger partial charge is 0.161 e. The number of aryl methyl sites for hydroxylation is 1. The van der Waals surface area contributed by atoms with Gasteiger partial charge < -0.3 is 4.57 Å². The second-order valence-electron chi connectivity index (χ2n) is 2.39. The molecule has 13 heavy (non-hydrogen) atoms. The Hall–Kier alpha value is -0.670. The molecular weight excluding hydrogens is 198 g/mol. The van der Waals surface area contributed by atoms with Gasteiger partial charge in [-0.15, -0.1) is 11.3 Å². The predicted molar refractivity (Wildman–Crippen MR) is 63.0 cm³/mol. The van der Waals surface area contributed by atoms with Gasteiger partial charge in [0.25, 0.3) is 0 Å². The highest BCUT2D eigenvalue weighted by atomic mass is 32.1. The van der Waals surface area contributed by atoms with Gasteiger partial charge in [0.05, 0.1) is 10.2 Å². The molecule has 0 radical (unpaired) electrons. The summed E-state index contributed by atoms with van der Waals surface area (Å²) in [6, 6.07) is 8.24. The molecule has 70 valence electrons. The van der Waals surface area contributed by atoms with Crippen LogP contribution in [-0.4, -0.2) is 4.57 Å². The van der Waals surface area contributed by atoms with Crippen LogP contribution in [0.3, 0.4) is 0 Å². The Kier molecular flexibility index (Phi) is 3.63. The SMILES string of the molecule is CC.Cn1c(=S)sc2ccccc21. The van der Waals surface area contributed by atoms with Crippen molar-refractivity contribution in [3.63, 3.8) is 0 Å². The molecule has 0 saturated carbocycles. The lowest BCUT2D eigenvalue weighted by molar-refractivity contribution is 0.964. The van der Waals surface area contributed by atoms with Crippen molar-refractivity contribution in [2.75, 3.05) is 0 Å². The quantitative estimate of drug-likeness (QED) is 0.596. The van der Waals surface area contributed by atoms with Crippen LogP contribution >= 0.6 is 23.6 Å². The Balaban J connectivity index is 0.000000396. The standard InChI is InChI=1S/C8H7NS2.C2H6/c1-9-6-4-2-3-5-7(6)11-8(9)10;1-2/h2-5H,1H3;1-2H3. The summed E-state index contributed by atoms with van der Waals surface area (Å²) in [5.41, 5.74) is 1.22. The summed E-state index contributed by atoms with van der Waals surface area (Å²) in [7, 11) is 2.00. The number of para-hydroxylation sites is 1. The van der Waals surface area contributed by atoms with E-state index in [4.69, 9.17) is 12.2 Å². The first-order valence-corrected chi connectivity index (χ1v) is 5.56. The Morgan fingerprint density at radius 3 is 2.46 bits per heavy atom. The van der Waals surface area contributed by atoms with E-state index in [-0.39, 0.29) is 0 Å². The molecule has 0 aliphatic heterocycles. The lowest BCUT2D eigenvalue weighted by Crippen LogP contribution is -1.84. The number of benzene rings is 1. The second kappa shape index (κ2) is 4.53. The first-order valence-electron chi connectivity index (χ1n) is 4.33. The number of nitrogens with zero attached hydrogens (tertiary/aromatic N) is 1. The molecule has 0 unspecified atom stereocenters. The van der Waals surface area contributed by atoms with Gasteiger partial charge in [-0.05, 0) is 24.4 Å². The van der Waals surface area contributed by atoms with Crippen LogP contribution in [0.25, 0.3) is 10.2 Å². The molecule has 2 rings (SSSR count). The van der Waals surface area contributed by atoms with E-state index in [0.29, 0.717) is 0 Å². The summed E-state index contributed by atoms with van der Waals surface area (Å²) in [5, 5.41) is 0. The predicted octanol–water partition coefficient (Wildman–Crippen LogP) is 4.00. The summed E-state index contributed by atoms with van der Waals surface area (Å²) >= 11 is 6.79. The topological polar surface area (TPSA) is 4.93 Å². The molecule has 1 aromatic heterocycles. The minimum absolute atomic E-state index is 0.936. The van der Waals surface area contributed by atoms with Crippen LogP contribution in [0.5, 0.6) is 0 Å². The van der Waals surface area contributed by atoms with E-state index in [1.165, 1.54) is 10.2 Å². The Labute approximate surface area is 87.6 Å². The van der Waals surface area contributed by atoms with Crippen LogP contribution in [0.4, 0.5) is 0 Å². The second-order valence-corrected chi connectivity index (χ2v) is 4.07. The van der Waals surface area contributed by atoms with Crippen LogP contribution in [0.15, 0.2) is 24.3 Å². The maximum Gasteiger partial charge on any atom is 0.161 e. The van der Waals surface area contributed by atoms with E-state index < -0.39 is 0 Å². The maximum absolute atomic E-state index is 5.14. The molecule has 0 atom stereocenters. The average Bonchev–Trinajstić information content (AvgIpc) is 2.47. The van der Waals surface area contributed by atoms with Gasteiger partial charge in [0.1, 0.15) is 0 Å². The van der Waals surface area contributed by atoms with Gasteiger partial charge >= 0.3 is 0 Å². The highest BCUT2D eigenvalue weighted by Crippen LogP contribution is 2.20. The zero-order valence-corrected chi connectivity index (χ0v) is 9.71. The monoisotopic (exact) mass is 211 g/mol. The van der Waals surface area contributed by atoms with E-state index in [9.17, 15) is 0 Å². The molecule has 1 heterocycles. The first-order chi connectivity index (χ1) is 6.29. The average molecular weight is 211 g/mol. The van der Waals surface area contributed by atoms with Crippen LogP contribution in [-0.2, 0) is 7.05 Å². The number of hydrogen-bond acceptors (Lipinski definition) is 2. The summed E-state index contributed by atoms with van der Waals surface area (Å²) in [4.78, 5) is 0. The molecule has 2 aromatic rings. The molecule has 0 aliphatic rings. The van der Waals surface area contributed by atoms with Crippen molar-refractivity contribution in [2.45, 2.75) is 13.8 Å². The van der Waals surface area contributed by atoms with Gasteiger partial charge in [0, 0.05) is 7.05 Å². The van der Waals surface area contributed by atoms with Gasteiger partial charge in [-0.1, -0.05) is 26.0 Å². The van der Waals surface area contributed by atoms with Crippen molar-refractivity contribution in [3.05, 3.63) is 28.2 Å². The van der Waals surface area contributed by atoms with E-state index in [2.05, 4.69) is 12.1 Å². The van der Waals surface area contributed by atoms with Gasteiger partial charge in [-0.25, -0.2) is 0 Å². The molecule has 0 N–H and O–H groups in total. The molecule has 0 saturated heterocycles. The number of fused-ring (bicyclic) bond motifs is 1. The van der Waals surface area contributed by atoms with E-state index in [1.54, 1.807) is 11.3 Å². The third-order valence-corrected chi connectivity index (χ3v) is 3.24. The number of rotatable bonds is 0.